The molecule has 2 rings (SSSR count). The topological polar surface area (TPSA) is 49.4 Å². The van der Waals surface area contributed by atoms with Gasteiger partial charge >= 0.3 is 0 Å². The van der Waals surface area contributed by atoms with Crippen molar-refractivity contribution in [2.45, 2.75) is 58.4 Å². The van der Waals surface area contributed by atoms with E-state index in [2.05, 4.69) is 19.2 Å². The van der Waals surface area contributed by atoms with Crippen LogP contribution in [-0.2, 0) is 9.59 Å². The van der Waals surface area contributed by atoms with Crippen molar-refractivity contribution in [3.8, 4) is 0 Å². The van der Waals surface area contributed by atoms with E-state index >= 15 is 0 Å². The van der Waals surface area contributed by atoms with Gasteiger partial charge in [-0.05, 0) is 24.7 Å². The maximum atomic E-state index is 12.5. The van der Waals surface area contributed by atoms with Gasteiger partial charge < -0.3 is 10.2 Å². The Morgan fingerprint density at radius 3 is 2.63 bits per heavy atom. The summed E-state index contributed by atoms with van der Waals surface area (Å²) in [4.78, 5) is 26.0. The van der Waals surface area contributed by atoms with Gasteiger partial charge in [0.1, 0.15) is 6.04 Å². The fraction of sp³-hybridized carbons (Fsp3) is 0.867. The van der Waals surface area contributed by atoms with E-state index in [4.69, 9.17) is 0 Å². The molecule has 4 heteroatoms. The van der Waals surface area contributed by atoms with Crippen LogP contribution in [0.5, 0.6) is 0 Å². The smallest absolute Gasteiger partial charge is 0.245 e. The van der Waals surface area contributed by atoms with Gasteiger partial charge in [0.25, 0.3) is 0 Å². The second kappa shape index (κ2) is 6.40. The van der Waals surface area contributed by atoms with Crippen molar-refractivity contribution in [3.05, 3.63) is 0 Å². The third-order valence-electron chi connectivity index (χ3n) is 4.29. The van der Waals surface area contributed by atoms with Crippen LogP contribution in [0.15, 0.2) is 0 Å². The molecule has 108 valence electrons. The van der Waals surface area contributed by atoms with Crippen LogP contribution < -0.4 is 5.32 Å². The van der Waals surface area contributed by atoms with Crippen molar-refractivity contribution in [3.63, 3.8) is 0 Å². The molecule has 0 spiro atoms. The minimum absolute atomic E-state index is 0.0187. The summed E-state index contributed by atoms with van der Waals surface area (Å²) in [6, 6.07) is -0.309. The first-order chi connectivity index (χ1) is 9.06. The lowest BCUT2D eigenvalue weighted by molar-refractivity contribution is -0.134. The van der Waals surface area contributed by atoms with Crippen molar-refractivity contribution < 1.29 is 9.59 Å². The highest BCUT2D eigenvalue weighted by Gasteiger charge is 2.30. The molecule has 4 nitrogen and oxygen atoms in total. The molecule has 0 bridgehead atoms. The van der Waals surface area contributed by atoms with Gasteiger partial charge in [0, 0.05) is 19.5 Å². The zero-order chi connectivity index (χ0) is 13.8. The first kappa shape index (κ1) is 14.4. The van der Waals surface area contributed by atoms with E-state index in [1.54, 1.807) is 0 Å². The number of nitrogens with one attached hydrogen (secondary N) is 1. The number of amides is 2. The Hall–Kier alpha value is -1.06. The summed E-state index contributed by atoms with van der Waals surface area (Å²) >= 11 is 0. The quantitative estimate of drug-likeness (QED) is 0.826. The molecule has 1 unspecified atom stereocenters. The second-order valence-electron chi connectivity index (χ2n) is 6.41. The molecule has 2 fully saturated rings. The van der Waals surface area contributed by atoms with Crippen LogP contribution in [0.3, 0.4) is 0 Å². The van der Waals surface area contributed by atoms with Gasteiger partial charge in [-0.3, -0.25) is 9.59 Å². The summed E-state index contributed by atoms with van der Waals surface area (Å²) < 4.78 is 0. The molecule has 1 atom stereocenters. The van der Waals surface area contributed by atoms with Crippen molar-refractivity contribution in [2.75, 3.05) is 13.1 Å². The predicted molar refractivity (Wildman–Crippen MR) is 74.5 cm³/mol. The van der Waals surface area contributed by atoms with E-state index in [0.717, 1.165) is 25.3 Å². The van der Waals surface area contributed by atoms with E-state index in [-0.39, 0.29) is 17.9 Å². The highest BCUT2D eigenvalue weighted by Crippen LogP contribution is 2.29. The Morgan fingerprint density at radius 2 is 2.05 bits per heavy atom. The monoisotopic (exact) mass is 266 g/mol. The van der Waals surface area contributed by atoms with Gasteiger partial charge in [0.05, 0.1) is 0 Å². The number of carbonyl (C=O) groups excluding carboxylic acids is 2. The molecule has 1 saturated carbocycles. The standard InChI is InChI=1S/C15H26N2O2/c1-11(2)10-13-15(19)17(9-7-14(18)16-13)8-6-12-4-3-5-12/h11-13H,3-10H2,1-2H3,(H,16,18). The highest BCUT2D eigenvalue weighted by molar-refractivity contribution is 5.89. The predicted octanol–water partition coefficient (Wildman–Crippen LogP) is 1.94. The van der Waals surface area contributed by atoms with Gasteiger partial charge in [-0.25, -0.2) is 0 Å². The lowest BCUT2D eigenvalue weighted by atomic mass is 9.83. The molecule has 0 aromatic heterocycles. The fourth-order valence-corrected chi connectivity index (χ4v) is 2.87. The van der Waals surface area contributed by atoms with E-state index in [9.17, 15) is 9.59 Å². The molecular weight excluding hydrogens is 240 g/mol. The summed E-state index contributed by atoms with van der Waals surface area (Å²) in [5.74, 6) is 1.37. The van der Waals surface area contributed by atoms with Gasteiger partial charge in [-0.2, -0.15) is 0 Å². The summed E-state index contributed by atoms with van der Waals surface area (Å²) in [6.07, 6.45) is 6.27. The summed E-state index contributed by atoms with van der Waals surface area (Å²) in [6.45, 7) is 5.59. The summed E-state index contributed by atoms with van der Waals surface area (Å²) in [5, 5.41) is 2.88. The maximum absolute atomic E-state index is 12.5. The lowest BCUT2D eigenvalue weighted by Crippen LogP contribution is -2.45. The first-order valence-electron chi connectivity index (χ1n) is 7.64. The molecule has 0 aromatic rings. The Kier molecular flexibility index (Phi) is 4.83. The summed E-state index contributed by atoms with van der Waals surface area (Å²) in [5.41, 5.74) is 0. The Morgan fingerprint density at radius 1 is 1.32 bits per heavy atom. The van der Waals surface area contributed by atoms with Gasteiger partial charge in [0.15, 0.2) is 0 Å². The zero-order valence-corrected chi connectivity index (χ0v) is 12.2. The van der Waals surface area contributed by atoms with E-state index in [0.29, 0.717) is 18.9 Å². The molecule has 19 heavy (non-hydrogen) atoms. The second-order valence-corrected chi connectivity index (χ2v) is 6.41. The Balaban J connectivity index is 1.92. The highest BCUT2D eigenvalue weighted by atomic mass is 16.2. The minimum atomic E-state index is -0.309. The largest absolute Gasteiger partial charge is 0.344 e. The average molecular weight is 266 g/mol. The van der Waals surface area contributed by atoms with Crippen molar-refractivity contribution >= 4 is 11.8 Å². The lowest BCUT2D eigenvalue weighted by Gasteiger charge is -2.30. The number of hydrogen-bond donors (Lipinski definition) is 1. The Bertz CT molecular complexity index is 337. The van der Waals surface area contributed by atoms with Crippen LogP contribution >= 0.6 is 0 Å². The van der Waals surface area contributed by atoms with Crippen molar-refractivity contribution in [1.82, 2.24) is 10.2 Å². The van der Waals surface area contributed by atoms with Crippen LogP contribution in [-0.4, -0.2) is 35.8 Å². The molecule has 1 aliphatic heterocycles. The molecular formula is C15H26N2O2. The SMILES string of the molecule is CC(C)CC1NC(=O)CCN(CCC2CCC2)C1=O. The van der Waals surface area contributed by atoms with Crippen molar-refractivity contribution in [2.24, 2.45) is 11.8 Å². The van der Waals surface area contributed by atoms with Crippen LogP contribution in [0, 0.1) is 11.8 Å². The van der Waals surface area contributed by atoms with Crippen LogP contribution in [0.25, 0.3) is 0 Å². The molecule has 0 radical (unpaired) electrons. The number of nitrogens with zero attached hydrogens (tertiary/aromatic N) is 1. The third-order valence-corrected chi connectivity index (χ3v) is 4.29. The molecule has 1 aliphatic carbocycles. The van der Waals surface area contributed by atoms with Crippen LogP contribution in [0.1, 0.15) is 52.4 Å². The van der Waals surface area contributed by atoms with Gasteiger partial charge in [-0.15, -0.1) is 0 Å². The van der Waals surface area contributed by atoms with Crippen LogP contribution in [0.4, 0.5) is 0 Å². The average Bonchev–Trinajstić information content (AvgIpc) is 2.39. The number of hydrogen-bond acceptors (Lipinski definition) is 2. The normalized spacial score (nSPS) is 25.2. The fourth-order valence-electron chi connectivity index (χ4n) is 2.87. The van der Waals surface area contributed by atoms with Crippen LogP contribution in [0.2, 0.25) is 0 Å². The Labute approximate surface area is 115 Å². The number of rotatable bonds is 5. The number of carbonyl (C=O) groups is 2. The molecule has 1 saturated heterocycles. The van der Waals surface area contributed by atoms with Gasteiger partial charge in [-0.1, -0.05) is 33.1 Å². The third kappa shape index (κ3) is 3.95. The first-order valence-corrected chi connectivity index (χ1v) is 7.64. The molecule has 2 aliphatic rings. The zero-order valence-electron chi connectivity index (χ0n) is 12.2. The minimum Gasteiger partial charge on any atom is -0.344 e. The van der Waals surface area contributed by atoms with E-state index in [1.807, 2.05) is 4.90 Å². The van der Waals surface area contributed by atoms with Crippen molar-refractivity contribution in [1.29, 1.82) is 0 Å². The van der Waals surface area contributed by atoms with Gasteiger partial charge in [0.2, 0.25) is 11.8 Å². The molecule has 1 N–H and O–H groups in total. The van der Waals surface area contributed by atoms with E-state index in [1.165, 1.54) is 19.3 Å². The van der Waals surface area contributed by atoms with E-state index < -0.39 is 0 Å². The summed E-state index contributed by atoms with van der Waals surface area (Å²) in [7, 11) is 0. The molecule has 2 amide bonds. The molecule has 1 heterocycles. The maximum Gasteiger partial charge on any atom is 0.245 e. The molecule has 0 aromatic carbocycles.